The number of hydrogen-bond acceptors (Lipinski definition) is 7. The number of aromatic nitrogens is 2. The molecule has 0 amide bonds. The summed E-state index contributed by atoms with van der Waals surface area (Å²) in [6.07, 6.45) is 0. The minimum absolute atomic E-state index is 0.158. The molecule has 4 aromatic rings. The minimum Gasteiger partial charge on any atom is -0.465 e. The van der Waals surface area contributed by atoms with Crippen molar-refractivity contribution in [2.24, 2.45) is 0 Å². The Hall–Kier alpha value is -2.89. The minimum atomic E-state index is -0.542. The Kier molecular flexibility index (Phi) is 8.34. The van der Waals surface area contributed by atoms with Crippen LogP contribution >= 0.6 is 31.9 Å². The second-order valence-corrected chi connectivity index (χ2v) is 8.65. The van der Waals surface area contributed by atoms with Gasteiger partial charge in [-0.3, -0.25) is 0 Å². The number of aliphatic hydroxyl groups excluding tert-OH is 1. The summed E-state index contributed by atoms with van der Waals surface area (Å²) in [5.41, 5.74) is 3.13. The fourth-order valence-corrected chi connectivity index (χ4v) is 4.09. The van der Waals surface area contributed by atoms with Gasteiger partial charge in [0.25, 0.3) is 0 Å². The van der Waals surface area contributed by atoms with Gasteiger partial charge in [0.2, 0.25) is 0 Å². The van der Waals surface area contributed by atoms with Gasteiger partial charge >= 0.3 is 5.97 Å². The zero-order valence-electron chi connectivity index (χ0n) is 18.2. The summed E-state index contributed by atoms with van der Waals surface area (Å²) in [6, 6.07) is 8.32. The van der Waals surface area contributed by atoms with Crippen molar-refractivity contribution in [1.29, 1.82) is 0 Å². The average Bonchev–Trinajstić information content (AvgIpc) is 3.36. The lowest BCUT2D eigenvalue weighted by molar-refractivity contribution is 0.0600. The summed E-state index contributed by atoms with van der Waals surface area (Å²) in [6.45, 7) is 3.22. The Morgan fingerprint density at radius 2 is 1.44 bits per heavy atom. The second kappa shape index (κ2) is 11.0. The van der Waals surface area contributed by atoms with Crippen LogP contribution in [-0.4, -0.2) is 28.5 Å². The molecule has 2 heterocycles. The molecule has 0 spiro atoms. The van der Waals surface area contributed by atoms with Crippen LogP contribution in [0.25, 0.3) is 22.6 Å². The molecule has 0 unspecified atom stereocenters. The molecular weight excluding hydrogens is 582 g/mol. The van der Waals surface area contributed by atoms with Crippen molar-refractivity contribution in [2.75, 3.05) is 7.11 Å². The molecule has 178 valence electrons. The van der Waals surface area contributed by atoms with Crippen LogP contribution in [0.1, 0.15) is 27.3 Å². The van der Waals surface area contributed by atoms with Crippen molar-refractivity contribution in [2.45, 2.75) is 20.5 Å². The number of benzene rings is 2. The number of methoxy groups -OCH3 is 1. The lowest BCUT2D eigenvalue weighted by atomic mass is 10.1. The van der Waals surface area contributed by atoms with Crippen LogP contribution in [0.3, 0.4) is 0 Å². The van der Waals surface area contributed by atoms with Gasteiger partial charge in [0.05, 0.1) is 25.1 Å². The Bertz CT molecular complexity index is 1340. The lowest BCUT2D eigenvalue weighted by Crippen LogP contribution is -2.03. The highest BCUT2D eigenvalue weighted by atomic mass is 79.9. The molecule has 0 bridgehead atoms. The largest absolute Gasteiger partial charge is 0.465 e. The number of rotatable bonds is 4. The molecule has 0 aliphatic heterocycles. The number of aryl methyl sites for hydroxylation is 2. The highest BCUT2D eigenvalue weighted by Gasteiger charge is 2.24. The molecule has 4 rings (SSSR count). The molecule has 11 heteroatoms. The summed E-state index contributed by atoms with van der Waals surface area (Å²) in [7, 11) is 1.28. The third-order valence-corrected chi connectivity index (χ3v) is 6.06. The summed E-state index contributed by atoms with van der Waals surface area (Å²) in [4.78, 5) is 11.7. The van der Waals surface area contributed by atoms with Gasteiger partial charge in [0.15, 0.2) is 11.5 Å². The lowest BCUT2D eigenvalue weighted by Gasteiger charge is -2.03. The zero-order chi connectivity index (χ0) is 25.0. The first-order valence-electron chi connectivity index (χ1n) is 9.69. The van der Waals surface area contributed by atoms with Gasteiger partial charge < -0.3 is 18.9 Å². The molecule has 0 radical (unpaired) electrons. The Balaban J connectivity index is 0.000000192. The topological polar surface area (TPSA) is 98.6 Å². The fraction of sp³-hybridized carbons (Fsp3) is 0.174. The molecule has 0 aliphatic rings. The maximum Gasteiger partial charge on any atom is 0.343 e. The average molecular weight is 600 g/mol. The van der Waals surface area contributed by atoms with Gasteiger partial charge in [-0.05, 0) is 82.1 Å². The zero-order valence-corrected chi connectivity index (χ0v) is 21.3. The van der Waals surface area contributed by atoms with E-state index in [2.05, 4.69) is 46.9 Å². The van der Waals surface area contributed by atoms with Crippen LogP contribution in [0.4, 0.5) is 8.78 Å². The molecule has 2 aromatic carbocycles. The molecule has 0 saturated heterocycles. The summed E-state index contributed by atoms with van der Waals surface area (Å²) in [5.74, 6) is -0.544. The number of halogens is 4. The number of ether oxygens (including phenoxy) is 1. The van der Waals surface area contributed by atoms with E-state index in [1.165, 1.54) is 37.4 Å². The van der Waals surface area contributed by atoms with Crippen molar-refractivity contribution in [3.63, 3.8) is 0 Å². The standard InChI is InChI=1S/C12H9BrFNO3.C11H9BrFNO2/c1-6-10(12(16)17-2)11(18-15-6)8-4-3-7(14)5-9(8)13;1-6-9(5-15)11(16-14-6)8-3-2-7(13)4-10(8)12/h3-5H,1-2H3;2-4,15H,5H2,1H3. The number of nitrogens with zero attached hydrogens (tertiary/aromatic N) is 2. The van der Waals surface area contributed by atoms with Gasteiger partial charge in [-0.25, -0.2) is 13.6 Å². The third-order valence-electron chi connectivity index (χ3n) is 4.75. The number of carbonyl (C=O) groups excluding carboxylic acids is 1. The van der Waals surface area contributed by atoms with Crippen LogP contribution in [0.5, 0.6) is 0 Å². The van der Waals surface area contributed by atoms with Crippen LogP contribution < -0.4 is 0 Å². The SMILES string of the molecule is COC(=O)c1c(C)noc1-c1ccc(F)cc1Br.Cc1noc(-c2ccc(F)cc2Br)c1CO. The molecule has 0 saturated carbocycles. The van der Waals surface area contributed by atoms with Gasteiger partial charge in [0, 0.05) is 25.6 Å². The number of esters is 1. The summed E-state index contributed by atoms with van der Waals surface area (Å²) >= 11 is 6.47. The van der Waals surface area contributed by atoms with Gasteiger partial charge in [-0.2, -0.15) is 0 Å². The summed E-state index contributed by atoms with van der Waals surface area (Å²) < 4.78 is 41.9. The van der Waals surface area contributed by atoms with Gasteiger partial charge in [-0.15, -0.1) is 0 Å². The quantitative estimate of drug-likeness (QED) is 0.272. The normalized spacial score (nSPS) is 10.6. The van der Waals surface area contributed by atoms with E-state index >= 15 is 0 Å². The van der Waals surface area contributed by atoms with Crippen molar-refractivity contribution in [1.82, 2.24) is 10.3 Å². The molecular formula is C23H18Br2F2N2O5. The first-order valence-corrected chi connectivity index (χ1v) is 11.3. The van der Waals surface area contributed by atoms with E-state index in [0.29, 0.717) is 42.8 Å². The highest BCUT2D eigenvalue weighted by Crippen LogP contribution is 2.34. The Morgan fingerprint density at radius 3 is 1.94 bits per heavy atom. The Labute approximate surface area is 209 Å². The number of carbonyl (C=O) groups is 1. The number of hydrogen-bond donors (Lipinski definition) is 1. The molecule has 0 atom stereocenters. The van der Waals surface area contributed by atoms with Crippen LogP contribution in [0.2, 0.25) is 0 Å². The maximum absolute atomic E-state index is 13.0. The molecule has 2 aromatic heterocycles. The van der Waals surface area contributed by atoms with E-state index in [9.17, 15) is 18.7 Å². The van der Waals surface area contributed by atoms with Crippen LogP contribution in [-0.2, 0) is 11.3 Å². The molecule has 7 nitrogen and oxygen atoms in total. The van der Waals surface area contributed by atoms with E-state index in [-0.39, 0.29) is 29.6 Å². The smallest absolute Gasteiger partial charge is 0.343 e. The van der Waals surface area contributed by atoms with Gasteiger partial charge in [-0.1, -0.05) is 10.3 Å². The van der Waals surface area contributed by atoms with Crippen LogP contribution in [0, 0.1) is 25.5 Å². The molecule has 0 aliphatic carbocycles. The van der Waals surface area contributed by atoms with Crippen molar-refractivity contribution >= 4 is 37.8 Å². The third kappa shape index (κ3) is 5.43. The van der Waals surface area contributed by atoms with E-state index in [4.69, 9.17) is 9.05 Å². The highest BCUT2D eigenvalue weighted by molar-refractivity contribution is 9.11. The summed E-state index contributed by atoms with van der Waals surface area (Å²) in [5, 5.41) is 16.7. The predicted molar refractivity (Wildman–Crippen MR) is 126 cm³/mol. The molecule has 0 fully saturated rings. The Morgan fingerprint density at radius 1 is 0.941 bits per heavy atom. The van der Waals surface area contributed by atoms with E-state index < -0.39 is 5.97 Å². The monoisotopic (exact) mass is 598 g/mol. The fourth-order valence-electron chi connectivity index (χ4n) is 3.03. The number of aliphatic hydroxyl groups is 1. The first-order chi connectivity index (χ1) is 16.2. The van der Waals surface area contributed by atoms with E-state index in [0.717, 1.165) is 0 Å². The molecule has 1 N–H and O–H groups in total. The van der Waals surface area contributed by atoms with Gasteiger partial charge in [0.1, 0.15) is 17.2 Å². The van der Waals surface area contributed by atoms with Crippen molar-refractivity contribution in [3.05, 3.63) is 79.5 Å². The predicted octanol–water partition coefficient (Wildman–Crippen LogP) is 6.38. The van der Waals surface area contributed by atoms with E-state index in [1.807, 2.05) is 0 Å². The van der Waals surface area contributed by atoms with Crippen molar-refractivity contribution < 1.29 is 32.5 Å². The maximum atomic E-state index is 13.0. The van der Waals surface area contributed by atoms with E-state index in [1.54, 1.807) is 19.9 Å². The second-order valence-electron chi connectivity index (χ2n) is 6.95. The first kappa shape index (κ1) is 25.7. The van der Waals surface area contributed by atoms with Crippen LogP contribution in [0.15, 0.2) is 54.4 Å². The molecule has 34 heavy (non-hydrogen) atoms. The van der Waals surface area contributed by atoms with Crippen molar-refractivity contribution in [3.8, 4) is 22.6 Å².